The van der Waals surface area contributed by atoms with Gasteiger partial charge in [-0.05, 0) is 47.3 Å². The number of nitrogens with zero attached hydrogens (tertiary/aromatic N) is 1. The summed E-state index contributed by atoms with van der Waals surface area (Å²) in [5.74, 6) is -0.340. The number of hydrogen-bond donors (Lipinski definition) is 2. The number of thiocarbonyl (C=S) groups is 1. The van der Waals surface area contributed by atoms with E-state index in [0.29, 0.717) is 11.3 Å². The summed E-state index contributed by atoms with van der Waals surface area (Å²) in [5.41, 5.74) is 1.02. The summed E-state index contributed by atoms with van der Waals surface area (Å²) < 4.78 is 0.899. The van der Waals surface area contributed by atoms with Gasteiger partial charge in [-0.25, -0.2) is 0 Å². The molecule has 2 N–H and O–H groups in total. The van der Waals surface area contributed by atoms with Crippen molar-refractivity contribution in [3.63, 3.8) is 0 Å². The molecule has 0 fully saturated rings. The quantitative estimate of drug-likeness (QED) is 0.360. The fourth-order valence-corrected chi connectivity index (χ4v) is 3.18. The lowest BCUT2D eigenvalue weighted by Crippen LogP contribution is -2.34. The third kappa shape index (κ3) is 3.87. The van der Waals surface area contributed by atoms with Gasteiger partial charge >= 0.3 is 0 Å². The van der Waals surface area contributed by atoms with E-state index in [1.54, 1.807) is 12.1 Å². The molecule has 3 aromatic carbocycles. The van der Waals surface area contributed by atoms with E-state index in [1.807, 2.05) is 24.3 Å². The summed E-state index contributed by atoms with van der Waals surface area (Å²) in [5, 5.41) is 18.0. The first kappa shape index (κ1) is 18.0. The number of carbonyl (C=O) groups is 1. The Bertz CT molecular complexity index is 1020. The third-order valence-electron chi connectivity index (χ3n) is 3.68. The van der Waals surface area contributed by atoms with Crippen LogP contribution >= 0.6 is 28.1 Å². The molecule has 0 bridgehead atoms. The number of nitro groups is 1. The maximum atomic E-state index is 12.6. The van der Waals surface area contributed by atoms with Crippen LogP contribution < -0.4 is 10.6 Å². The van der Waals surface area contributed by atoms with E-state index in [-0.39, 0.29) is 16.7 Å². The number of non-ortho nitro benzene ring substituents is 1. The zero-order valence-electron chi connectivity index (χ0n) is 13.2. The number of halogens is 1. The van der Waals surface area contributed by atoms with E-state index in [4.69, 9.17) is 12.2 Å². The number of anilines is 1. The second kappa shape index (κ2) is 7.59. The summed E-state index contributed by atoms with van der Waals surface area (Å²) >= 11 is 8.63. The molecule has 8 heteroatoms. The van der Waals surface area contributed by atoms with Crippen LogP contribution in [0.3, 0.4) is 0 Å². The summed E-state index contributed by atoms with van der Waals surface area (Å²) in [7, 11) is 0. The summed E-state index contributed by atoms with van der Waals surface area (Å²) in [4.78, 5) is 22.8. The van der Waals surface area contributed by atoms with Crippen LogP contribution in [0.15, 0.2) is 65.1 Å². The van der Waals surface area contributed by atoms with Gasteiger partial charge in [0.05, 0.1) is 4.92 Å². The first-order chi connectivity index (χ1) is 12.5. The molecule has 0 spiro atoms. The van der Waals surface area contributed by atoms with Crippen molar-refractivity contribution in [3.05, 3.63) is 80.8 Å². The van der Waals surface area contributed by atoms with Crippen LogP contribution in [0, 0.1) is 10.1 Å². The molecule has 0 unspecified atom stereocenters. The molecule has 26 heavy (non-hydrogen) atoms. The Labute approximate surface area is 162 Å². The highest BCUT2D eigenvalue weighted by atomic mass is 79.9. The van der Waals surface area contributed by atoms with Crippen molar-refractivity contribution >= 4 is 61.3 Å². The smallest absolute Gasteiger partial charge is 0.269 e. The van der Waals surface area contributed by atoms with Crippen LogP contribution in [0.1, 0.15) is 10.4 Å². The number of hydrogen-bond acceptors (Lipinski definition) is 4. The Kier molecular flexibility index (Phi) is 5.24. The largest absolute Gasteiger partial charge is 0.332 e. The van der Waals surface area contributed by atoms with Crippen LogP contribution in [0.25, 0.3) is 10.8 Å². The SMILES string of the molecule is O=C(NC(=S)Nc1ccc([N+](=O)[O-])cc1)c1cccc2c(Br)cccc12. The van der Waals surface area contributed by atoms with Crippen LogP contribution in [0.5, 0.6) is 0 Å². The second-order valence-electron chi connectivity index (χ2n) is 5.35. The van der Waals surface area contributed by atoms with Crippen molar-refractivity contribution in [2.24, 2.45) is 0 Å². The van der Waals surface area contributed by atoms with Crippen molar-refractivity contribution < 1.29 is 9.72 Å². The monoisotopic (exact) mass is 429 g/mol. The van der Waals surface area contributed by atoms with E-state index in [0.717, 1.165) is 15.2 Å². The molecule has 0 aliphatic rings. The predicted molar refractivity (Wildman–Crippen MR) is 108 cm³/mol. The highest BCUT2D eigenvalue weighted by Crippen LogP contribution is 2.26. The molecule has 0 heterocycles. The highest BCUT2D eigenvalue weighted by molar-refractivity contribution is 9.10. The number of nitrogens with one attached hydrogen (secondary N) is 2. The van der Waals surface area contributed by atoms with Gasteiger partial charge in [0.25, 0.3) is 11.6 Å². The molecule has 0 saturated carbocycles. The minimum absolute atomic E-state index is 0.0214. The van der Waals surface area contributed by atoms with Gasteiger partial charge in [-0.15, -0.1) is 0 Å². The van der Waals surface area contributed by atoms with Gasteiger partial charge in [-0.2, -0.15) is 0 Å². The number of benzene rings is 3. The van der Waals surface area contributed by atoms with Crippen molar-refractivity contribution in [2.45, 2.75) is 0 Å². The van der Waals surface area contributed by atoms with Crippen molar-refractivity contribution in [1.29, 1.82) is 0 Å². The maximum Gasteiger partial charge on any atom is 0.269 e. The lowest BCUT2D eigenvalue weighted by atomic mass is 10.0. The van der Waals surface area contributed by atoms with Gasteiger partial charge in [-0.3, -0.25) is 20.2 Å². The Hall–Kier alpha value is -2.84. The molecule has 3 rings (SSSR count). The van der Waals surface area contributed by atoms with E-state index in [1.165, 1.54) is 24.3 Å². The average molecular weight is 430 g/mol. The highest BCUT2D eigenvalue weighted by Gasteiger charge is 2.13. The van der Waals surface area contributed by atoms with Crippen molar-refractivity contribution in [2.75, 3.05) is 5.32 Å². The average Bonchev–Trinajstić information content (AvgIpc) is 2.62. The van der Waals surface area contributed by atoms with Crippen LogP contribution in [-0.2, 0) is 0 Å². The molecular formula is C18H12BrN3O3S. The topological polar surface area (TPSA) is 84.3 Å². The minimum atomic E-state index is -0.484. The molecule has 0 saturated heterocycles. The van der Waals surface area contributed by atoms with E-state index in [9.17, 15) is 14.9 Å². The van der Waals surface area contributed by atoms with Gasteiger partial charge in [0.15, 0.2) is 5.11 Å². The first-order valence-electron chi connectivity index (χ1n) is 7.50. The zero-order chi connectivity index (χ0) is 18.7. The fourth-order valence-electron chi connectivity index (χ4n) is 2.47. The molecular weight excluding hydrogens is 418 g/mol. The second-order valence-corrected chi connectivity index (χ2v) is 6.62. The molecule has 0 atom stereocenters. The fraction of sp³-hybridized carbons (Fsp3) is 0. The first-order valence-corrected chi connectivity index (χ1v) is 8.70. The number of carbonyl (C=O) groups excluding carboxylic acids is 1. The minimum Gasteiger partial charge on any atom is -0.332 e. The Morgan fingerprint density at radius 3 is 2.35 bits per heavy atom. The molecule has 0 aromatic heterocycles. The molecule has 130 valence electrons. The summed E-state index contributed by atoms with van der Waals surface area (Å²) in [6.07, 6.45) is 0. The lowest BCUT2D eigenvalue weighted by molar-refractivity contribution is -0.384. The van der Waals surface area contributed by atoms with E-state index in [2.05, 4.69) is 26.6 Å². The van der Waals surface area contributed by atoms with Gasteiger partial charge in [0, 0.05) is 27.9 Å². The summed E-state index contributed by atoms with van der Waals surface area (Å²) in [6, 6.07) is 16.8. The number of amides is 1. The molecule has 0 aliphatic carbocycles. The van der Waals surface area contributed by atoms with Gasteiger partial charge < -0.3 is 5.32 Å². The molecule has 1 amide bonds. The Morgan fingerprint density at radius 1 is 1.00 bits per heavy atom. The molecule has 0 aliphatic heterocycles. The number of nitro benzene ring substituents is 1. The van der Waals surface area contributed by atoms with Gasteiger partial charge in [-0.1, -0.05) is 40.2 Å². The van der Waals surface area contributed by atoms with Crippen LogP contribution in [0.2, 0.25) is 0 Å². The number of fused-ring (bicyclic) bond motifs is 1. The maximum absolute atomic E-state index is 12.6. The summed E-state index contributed by atoms with van der Waals surface area (Å²) in [6.45, 7) is 0. The zero-order valence-corrected chi connectivity index (χ0v) is 15.6. The standard InChI is InChI=1S/C18H12BrN3O3S/c19-16-6-2-3-13-14(16)4-1-5-15(13)17(23)21-18(26)20-11-7-9-12(10-8-11)22(24)25/h1-10H,(H2,20,21,23,26). The Balaban J connectivity index is 1.75. The van der Waals surface area contributed by atoms with Crippen LogP contribution in [0.4, 0.5) is 11.4 Å². The van der Waals surface area contributed by atoms with Crippen LogP contribution in [-0.4, -0.2) is 15.9 Å². The third-order valence-corrected chi connectivity index (χ3v) is 4.57. The van der Waals surface area contributed by atoms with Crippen molar-refractivity contribution in [1.82, 2.24) is 5.32 Å². The van der Waals surface area contributed by atoms with Gasteiger partial charge in [0.1, 0.15) is 0 Å². The number of rotatable bonds is 3. The van der Waals surface area contributed by atoms with Crippen molar-refractivity contribution in [3.8, 4) is 0 Å². The predicted octanol–water partition coefficient (Wildman–Crippen LogP) is 4.64. The Morgan fingerprint density at radius 2 is 1.65 bits per heavy atom. The molecule has 6 nitrogen and oxygen atoms in total. The lowest BCUT2D eigenvalue weighted by Gasteiger charge is -2.11. The van der Waals surface area contributed by atoms with Gasteiger partial charge in [0.2, 0.25) is 0 Å². The van der Waals surface area contributed by atoms with E-state index < -0.39 is 4.92 Å². The normalized spacial score (nSPS) is 10.3. The molecule has 0 radical (unpaired) electrons. The van der Waals surface area contributed by atoms with E-state index >= 15 is 0 Å². The molecule has 3 aromatic rings.